The van der Waals surface area contributed by atoms with Crippen molar-refractivity contribution in [3.63, 3.8) is 0 Å². The average molecular weight is 335 g/mol. The summed E-state index contributed by atoms with van der Waals surface area (Å²) >= 11 is 0. The quantitative estimate of drug-likeness (QED) is 0.782. The van der Waals surface area contributed by atoms with E-state index in [-0.39, 0.29) is 17.9 Å². The van der Waals surface area contributed by atoms with Crippen LogP contribution in [0.3, 0.4) is 0 Å². The number of alkyl halides is 3. The summed E-state index contributed by atoms with van der Waals surface area (Å²) in [5.74, 6) is -2.89. The molecule has 2 rings (SSSR count). The maximum atomic E-state index is 12.5. The van der Waals surface area contributed by atoms with Gasteiger partial charge in [0.2, 0.25) is 0 Å². The summed E-state index contributed by atoms with van der Waals surface area (Å²) in [5, 5.41) is -1.28. The van der Waals surface area contributed by atoms with Gasteiger partial charge in [0.05, 0.1) is 5.56 Å². The largest absolute Gasteiger partial charge is 0.471 e. The van der Waals surface area contributed by atoms with Crippen LogP contribution in [0.4, 0.5) is 13.2 Å². The van der Waals surface area contributed by atoms with Crippen molar-refractivity contribution in [2.45, 2.75) is 11.6 Å². The maximum absolute atomic E-state index is 12.5. The molecular formula is C13H12F3NO4S. The highest BCUT2D eigenvalue weighted by atomic mass is 32.2. The summed E-state index contributed by atoms with van der Waals surface area (Å²) in [6, 6.07) is 7.85. The van der Waals surface area contributed by atoms with Crippen LogP contribution in [-0.2, 0) is 20.3 Å². The van der Waals surface area contributed by atoms with Crippen molar-refractivity contribution in [3.05, 3.63) is 35.9 Å². The van der Waals surface area contributed by atoms with E-state index in [0.29, 0.717) is 4.90 Å². The van der Waals surface area contributed by atoms with E-state index in [4.69, 9.17) is 4.74 Å². The zero-order valence-electron chi connectivity index (χ0n) is 11.2. The molecule has 1 aliphatic rings. The maximum Gasteiger partial charge on any atom is 0.471 e. The highest BCUT2D eigenvalue weighted by Gasteiger charge is 2.48. The Kier molecular flexibility index (Phi) is 4.84. The highest BCUT2D eigenvalue weighted by molar-refractivity contribution is 7.85. The fourth-order valence-electron chi connectivity index (χ4n) is 1.98. The predicted molar refractivity (Wildman–Crippen MR) is 71.3 cm³/mol. The molecule has 9 heteroatoms. The second kappa shape index (κ2) is 6.47. The smallest absolute Gasteiger partial charge is 0.459 e. The van der Waals surface area contributed by atoms with Crippen molar-refractivity contribution in [3.8, 4) is 0 Å². The monoisotopic (exact) mass is 335 g/mol. The minimum Gasteiger partial charge on any atom is -0.459 e. The van der Waals surface area contributed by atoms with Crippen LogP contribution >= 0.6 is 0 Å². The first-order valence-corrected chi connectivity index (χ1v) is 7.66. The van der Waals surface area contributed by atoms with E-state index in [1.165, 1.54) is 12.1 Å². The minimum atomic E-state index is -5.05. The van der Waals surface area contributed by atoms with Crippen LogP contribution in [0.15, 0.2) is 30.3 Å². The Morgan fingerprint density at radius 3 is 2.50 bits per heavy atom. The fourth-order valence-corrected chi connectivity index (χ4v) is 3.33. The van der Waals surface area contributed by atoms with E-state index in [0.717, 1.165) is 0 Å². The Labute approximate surface area is 126 Å². The number of amides is 1. The van der Waals surface area contributed by atoms with Gasteiger partial charge in [-0.3, -0.25) is 9.00 Å². The molecule has 1 amide bonds. The lowest BCUT2D eigenvalue weighted by Gasteiger charge is -2.23. The summed E-state index contributed by atoms with van der Waals surface area (Å²) in [7, 11) is -1.69. The van der Waals surface area contributed by atoms with Gasteiger partial charge in [0.1, 0.15) is 12.0 Å². The zero-order valence-corrected chi connectivity index (χ0v) is 12.0. The molecule has 22 heavy (non-hydrogen) atoms. The number of hydrogen-bond acceptors (Lipinski definition) is 4. The molecule has 1 aromatic rings. The van der Waals surface area contributed by atoms with Crippen molar-refractivity contribution in [1.82, 2.24) is 4.90 Å². The molecule has 0 aromatic heterocycles. The minimum absolute atomic E-state index is 0.0740. The fraction of sp³-hybridized carbons (Fsp3) is 0.385. The number of benzene rings is 1. The van der Waals surface area contributed by atoms with Crippen LogP contribution in [0.2, 0.25) is 0 Å². The zero-order chi connectivity index (χ0) is 16.3. The van der Waals surface area contributed by atoms with Gasteiger partial charge in [-0.25, -0.2) is 4.79 Å². The summed E-state index contributed by atoms with van der Waals surface area (Å²) in [5.41, 5.74) is 0.222. The van der Waals surface area contributed by atoms with Crippen LogP contribution < -0.4 is 0 Å². The molecule has 2 atom stereocenters. The van der Waals surface area contributed by atoms with Crippen molar-refractivity contribution < 1.29 is 31.7 Å². The molecule has 0 saturated carbocycles. The third kappa shape index (κ3) is 3.65. The number of carbonyl (C=O) groups excluding carboxylic acids is 2. The van der Waals surface area contributed by atoms with Crippen LogP contribution in [0.1, 0.15) is 10.4 Å². The molecule has 1 heterocycles. The number of halogens is 3. The molecule has 1 fully saturated rings. The van der Waals surface area contributed by atoms with Crippen LogP contribution in [0.5, 0.6) is 0 Å². The van der Waals surface area contributed by atoms with Crippen LogP contribution in [-0.4, -0.2) is 51.4 Å². The standard InChI is InChI=1S/C13H12F3NO4S/c14-13(15,16)12(19)17-6-7-22(20)10(17)8-21-11(18)9-4-2-1-3-5-9/h1-5,10H,6-8H2. The first-order chi connectivity index (χ1) is 10.3. The van der Waals surface area contributed by atoms with Crippen molar-refractivity contribution >= 4 is 22.7 Å². The molecular weight excluding hydrogens is 323 g/mol. The summed E-state index contributed by atoms with van der Waals surface area (Å²) < 4.78 is 54.0. The van der Waals surface area contributed by atoms with E-state index in [9.17, 15) is 27.0 Å². The molecule has 1 aliphatic heterocycles. The molecule has 120 valence electrons. The Morgan fingerprint density at radius 2 is 1.91 bits per heavy atom. The summed E-state index contributed by atoms with van der Waals surface area (Å²) in [6.07, 6.45) is -5.05. The Hall–Kier alpha value is -1.90. The Bertz CT molecular complexity index is 591. The molecule has 2 unspecified atom stereocenters. The normalized spacial score (nSPS) is 21.7. The second-order valence-electron chi connectivity index (χ2n) is 4.50. The molecule has 1 aromatic carbocycles. The number of ether oxygens (including phenoxy) is 1. The van der Waals surface area contributed by atoms with E-state index in [2.05, 4.69) is 0 Å². The number of rotatable bonds is 3. The Balaban J connectivity index is 2.02. The third-order valence-electron chi connectivity index (χ3n) is 3.05. The third-order valence-corrected chi connectivity index (χ3v) is 4.64. The molecule has 0 N–H and O–H groups in total. The number of carbonyl (C=O) groups is 2. The van der Waals surface area contributed by atoms with Gasteiger partial charge in [0, 0.05) is 23.1 Å². The topological polar surface area (TPSA) is 63.7 Å². The van der Waals surface area contributed by atoms with Gasteiger partial charge in [-0.1, -0.05) is 18.2 Å². The van der Waals surface area contributed by atoms with Crippen molar-refractivity contribution in [2.24, 2.45) is 0 Å². The molecule has 0 spiro atoms. The summed E-state index contributed by atoms with van der Waals surface area (Å²) in [6.45, 7) is -0.819. The number of esters is 1. The first-order valence-electron chi connectivity index (χ1n) is 6.28. The Morgan fingerprint density at radius 1 is 1.27 bits per heavy atom. The summed E-state index contributed by atoms with van der Waals surface area (Å²) in [4.78, 5) is 23.5. The van der Waals surface area contributed by atoms with Gasteiger partial charge in [0.15, 0.2) is 0 Å². The van der Waals surface area contributed by atoms with E-state index >= 15 is 0 Å². The van der Waals surface area contributed by atoms with Gasteiger partial charge in [-0.05, 0) is 12.1 Å². The van der Waals surface area contributed by atoms with Gasteiger partial charge < -0.3 is 9.64 Å². The van der Waals surface area contributed by atoms with E-state index in [1.807, 2.05) is 0 Å². The lowest BCUT2D eigenvalue weighted by molar-refractivity contribution is -0.186. The lowest BCUT2D eigenvalue weighted by atomic mass is 10.2. The second-order valence-corrected chi connectivity index (χ2v) is 6.21. The number of hydrogen-bond donors (Lipinski definition) is 0. The van der Waals surface area contributed by atoms with E-state index in [1.54, 1.807) is 18.2 Å². The molecule has 1 saturated heterocycles. The van der Waals surface area contributed by atoms with Gasteiger partial charge >= 0.3 is 18.1 Å². The molecule has 0 radical (unpaired) electrons. The van der Waals surface area contributed by atoms with E-state index < -0.39 is 40.8 Å². The van der Waals surface area contributed by atoms with Crippen LogP contribution in [0.25, 0.3) is 0 Å². The van der Waals surface area contributed by atoms with Crippen molar-refractivity contribution in [1.29, 1.82) is 0 Å². The molecule has 5 nitrogen and oxygen atoms in total. The van der Waals surface area contributed by atoms with Gasteiger partial charge in [0.25, 0.3) is 0 Å². The first kappa shape index (κ1) is 16.5. The average Bonchev–Trinajstić information content (AvgIpc) is 2.84. The molecule has 0 bridgehead atoms. The van der Waals surface area contributed by atoms with Crippen LogP contribution in [0, 0.1) is 0 Å². The van der Waals surface area contributed by atoms with Gasteiger partial charge in [-0.15, -0.1) is 0 Å². The predicted octanol–water partition coefficient (Wildman–Crippen LogP) is 1.32. The SMILES string of the molecule is O=C(OCC1N(C(=O)C(F)(F)F)CCS1=O)c1ccccc1. The van der Waals surface area contributed by atoms with Gasteiger partial charge in [-0.2, -0.15) is 13.2 Å². The number of nitrogens with zero attached hydrogens (tertiary/aromatic N) is 1. The lowest BCUT2D eigenvalue weighted by Crippen LogP contribution is -2.46. The highest BCUT2D eigenvalue weighted by Crippen LogP contribution is 2.24. The van der Waals surface area contributed by atoms with Crippen molar-refractivity contribution in [2.75, 3.05) is 18.9 Å². The molecule has 0 aliphatic carbocycles.